The van der Waals surface area contributed by atoms with Crippen molar-refractivity contribution >= 4 is 6.09 Å². The summed E-state index contributed by atoms with van der Waals surface area (Å²) in [6.07, 6.45) is 5.14. The van der Waals surface area contributed by atoms with Gasteiger partial charge in [0.05, 0.1) is 13.2 Å². The first-order valence-corrected chi connectivity index (χ1v) is 9.79. The molecule has 1 amide bonds. The second kappa shape index (κ2) is 7.17. The van der Waals surface area contributed by atoms with Gasteiger partial charge in [-0.25, -0.2) is 4.79 Å². The van der Waals surface area contributed by atoms with Crippen molar-refractivity contribution in [2.75, 3.05) is 13.2 Å². The van der Waals surface area contributed by atoms with Crippen LogP contribution in [0.1, 0.15) is 32.8 Å². The van der Waals surface area contributed by atoms with Crippen molar-refractivity contribution < 1.29 is 24.1 Å². The second-order valence-electron chi connectivity index (χ2n) is 8.28. The van der Waals surface area contributed by atoms with E-state index in [0.717, 1.165) is 23.3 Å². The molecule has 2 unspecified atom stereocenters. The van der Waals surface area contributed by atoms with E-state index in [1.807, 2.05) is 39.0 Å². The lowest BCUT2D eigenvalue weighted by atomic mass is 9.88. The molecule has 0 spiro atoms. The molecule has 2 heterocycles. The van der Waals surface area contributed by atoms with Gasteiger partial charge in [0.15, 0.2) is 0 Å². The lowest BCUT2D eigenvalue weighted by molar-refractivity contribution is -0.198. The Kier molecular flexibility index (Phi) is 4.83. The first-order chi connectivity index (χ1) is 13.3. The number of carbonyl (C=O) groups is 1. The van der Waals surface area contributed by atoms with E-state index in [-0.39, 0.29) is 29.9 Å². The average molecular weight is 385 g/mol. The molecule has 1 fully saturated rings. The van der Waals surface area contributed by atoms with Crippen LogP contribution in [0, 0.1) is 5.92 Å². The predicted molar refractivity (Wildman–Crippen MR) is 104 cm³/mol. The number of nitrogens with zero attached hydrogens (tertiary/aromatic N) is 1. The maximum Gasteiger partial charge on any atom is 0.410 e. The Morgan fingerprint density at radius 1 is 1.29 bits per heavy atom. The number of allylic oxidation sites excluding steroid dienone is 1. The smallest absolute Gasteiger partial charge is 0.410 e. The fourth-order valence-electron chi connectivity index (χ4n) is 4.00. The number of aromatic hydroxyl groups is 1. The van der Waals surface area contributed by atoms with Gasteiger partial charge in [-0.15, -0.1) is 0 Å². The molecular formula is C22H27NO5. The molecular weight excluding hydrogens is 358 g/mol. The highest BCUT2D eigenvalue weighted by atomic mass is 16.7. The summed E-state index contributed by atoms with van der Waals surface area (Å²) < 4.78 is 17.3. The van der Waals surface area contributed by atoms with Gasteiger partial charge in [0.1, 0.15) is 17.6 Å². The number of phenols is 1. The number of ether oxygens (including phenoxy) is 3. The van der Waals surface area contributed by atoms with E-state index in [4.69, 9.17) is 14.2 Å². The summed E-state index contributed by atoms with van der Waals surface area (Å²) in [5.74, 6) is 0.654. The molecule has 6 nitrogen and oxygen atoms in total. The summed E-state index contributed by atoms with van der Waals surface area (Å²) in [6, 6.07) is 7.12. The number of benzene rings is 1. The van der Waals surface area contributed by atoms with Gasteiger partial charge >= 0.3 is 6.09 Å². The van der Waals surface area contributed by atoms with Crippen molar-refractivity contribution in [2.24, 2.45) is 5.92 Å². The molecule has 0 radical (unpaired) electrons. The van der Waals surface area contributed by atoms with Gasteiger partial charge in [-0.3, -0.25) is 0 Å². The maximum atomic E-state index is 12.5. The molecule has 0 aromatic heterocycles. The highest BCUT2D eigenvalue weighted by Gasteiger charge is 2.40. The van der Waals surface area contributed by atoms with Crippen LogP contribution in [0.2, 0.25) is 0 Å². The topological polar surface area (TPSA) is 68.2 Å². The van der Waals surface area contributed by atoms with Crippen molar-refractivity contribution in [3.8, 4) is 5.75 Å². The van der Waals surface area contributed by atoms with Gasteiger partial charge in [-0.1, -0.05) is 18.2 Å². The molecule has 0 saturated carbocycles. The monoisotopic (exact) mass is 385 g/mol. The van der Waals surface area contributed by atoms with Gasteiger partial charge in [0, 0.05) is 25.8 Å². The standard InChI is InChI=1S/C22H27NO5/c1-14(10-15-4-7-18(24)8-5-15)23-12-20(27-21(23)25)16-6-9-19-17(11-16)13-26-22(2,3)28-19/h4-9,14,16,20,24H,10-13H2,1-3H3/t14-,16?,20?/m0/s1. The van der Waals surface area contributed by atoms with Crippen molar-refractivity contribution in [2.45, 2.75) is 51.5 Å². The number of rotatable bonds is 4. The first kappa shape index (κ1) is 18.9. The Balaban J connectivity index is 1.38. The molecule has 3 atom stereocenters. The van der Waals surface area contributed by atoms with Crippen LogP contribution < -0.4 is 0 Å². The van der Waals surface area contributed by atoms with E-state index in [1.54, 1.807) is 17.0 Å². The lowest BCUT2D eigenvalue weighted by Gasteiger charge is -2.36. The van der Waals surface area contributed by atoms with Crippen LogP contribution >= 0.6 is 0 Å². The highest BCUT2D eigenvalue weighted by Crippen LogP contribution is 2.36. The van der Waals surface area contributed by atoms with Gasteiger partial charge in [0.2, 0.25) is 5.79 Å². The van der Waals surface area contributed by atoms with Crippen LogP contribution in [0.25, 0.3) is 0 Å². The summed E-state index contributed by atoms with van der Waals surface area (Å²) in [5.41, 5.74) is 2.20. The Hall–Kier alpha value is -2.47. The van der Waals surface area contributed by atoms with E-state index < -0.39 is 5.79 Å². The third kappa shape index (κ3) is 3.87. The van der Waals surface area contributed by atoms with Gasteiger partial charge in [0.25, 0.3) is 0 Å². The van der Waals surface area contributed by atoms with E-state index in [2.05, 4.69) is 6.08 Å². The van der Waals surface area contributed by atoms with E-state index in [1.165, 1.54) is 0 Å². The summed E-state index contributed by atoms with van der Waals surface area (Å²) in [5, 5.41) is 9.42. The van der Waals surface area contributed by atoms with Crippen LogP contribution in [-0.2, 0) is 20.6 Å². The predicted octanol–water partition coefficient (Wildman–Crippen LogP) is 3.76. The van der Waals surface area contributed by atoms with Crippen LogP contribution in [0.5, 0.6) is 5.75 Å². The minimum Gasteiger partial charge on any atom is -0.508 e. The molecule has 1 N–H and O–H groups in total. The Morgan fingerprint density at radius 3 is 2.79 bits per heavy atom. The quantitative estimate of drug-likeness (QED) is 0.855. The minimum atomic E-state index is -0.601. The number of phenolic OH excluding ortho intramolecular Hbond substituents is 1. The van der Waals surface area contributed by atoms with E-state index >= 15 is 0 Å². The summed E-state index contributed by atoms with van der Waals surface area (Å²) in [6.45, 7) is 6.96. The summed E-state index contributed by atoms with van der Waals surface area (Å²) >= 11 is 0. The number of cyclic esters (lactones) is 1. The average Bonchev–Trinajstić information content (AvgIpc) is 3.04. The van der Waals surface area contributed by atoms with Crippen LogP contribution in [0.15, 0.2) is 47.7 Å². The first-order valence-electron chi connectivity index (χ1n) is 9.79. The SMILES string of the molecule is C[C@@H](Cc1ccc(O)cc1)N1CC(C2C=CC3=C(COC(C)(C)O3)C2)OC1=O. The third-order valence-electron chi connectivity index (χ3n) is 5.62. The largest absolute Gasteiger partial charge is 0.508 e. The Labute approximate surface area is 165 Å². The summed E-state index contributed by atoms with van der Waals surface area (Å²) in [4.78, 5) is 14.3. The van der Waals surface area contributed by atoms with Gasteiger partial charge < -0.3 is 24.2 Å². The van der Waals surface area contributed by atoms with Crippen molar-refractivity contribution in [3.63, 3.8) is 0 Å². The van der Waals surface area contributed by atoms with Crippen molar-refractivity contribution in [3.05, 3.63) is 53.3 Å². The fraction of sp³-hybridized carbons (Fsp3) is 0.500. The molecule has 1 saturated heterocycles. The number of amides is 1. The molecule has 150 valence electrons. The van der Waals surface area contributed by atoms with Crippen LogP contribution in [-0.4, -0.2) is 47.2 Å². The van der Waals surface area contributed by atoms with Crippen LogP contribution in [0.3, 0.4) is 0 Å². The second-order valence-corrected chi connectivity index (χ2v) is 8.28. The molecule has 6 heteroatoms. The fourth-order valence-corrected chi connectivity index (χ4v) is 4.00. The molecule has 1 aromatic carbocycles. The zero-order valence-electron chi connectivity index (χ0n) is 16.6. The Morgan fingerprint density at radius 2 is 2.04 bits per heavy atom. The Bertz CT molecular complexity index is 811. The van der Waals surface area contributed by atoms with Gasteiger partial charge in [-0.05, 0) is 49.1 Å². The molecule has 1 aliphatic carbocycles. The number of hydrogen-bond donors (Lipinski definition) is 1. The zero-order valence-corrected chi connectivity index (χ0v) is 16.6. The molecule has 1 aromatic rings. The molecule has 0 bridgehead atoms. The zero-order chi connectivity index (χ0) is 19.9. The number of hydrogen-bond acceptors (Lipinski definition) is 5. The van der Waals surface area contributed by atoms with Gasteiger partial charge in [-0.2, -0.15) is 0 Å². The minimum absolute atomic E-state index is 0.0199. The van der Waals surface area contributed by atoms with E-state index in [9.17, 15) is 9.90 Å². The molecule has 3 aliphatic rings. The summed E-state index contributed by atoms with van der Waals surface area (Å²) in [7, 11) is 0. The van der Waals surface area contributed by atoms with Crippen LogP contribution in [0.4, 0.5) is 4.79 Å². The van der Waals surface area contributed by atoms with E-state index in [0.29, 0.717) is 19.6 Å². The normalized spacial score (nSPS) is 27.2. The number of carbonyl (C=O) groups excluding carboxylic acids is 1. The molecule has 4 rings (SSSR count). The van der Waals surface area contributed by atoms with Crippen molar-refractivity contribution in [1.29, 1.82) is 0 Å². The molecule has 28 heavy (non-hydrogen) atoms. The van der Waals surface area contributed by atoms with Crippen molar-refractivity contribution in [1.82, 2.24) is 4.90 Å². The lowest BCUT2D eigenvalue weighted by Crippen LogP contribution is -2.37. The highest BCUT2D eigenvalue weighted by molar-refractivity contribution is 5.70. The maximum absolute atomic E-state index is 12.5. The third-order valence-corrected chi connectivity index (χ3v) is 5.62. The molecule has 2 aliphatic heterocycles.